The molecule has 0 spiro atoms. The second kappa shape index (κ2) is 5.56. The lowest BCUT2D eigenvalue weighted by Gasteiger charge is -2.06. The number of rotatable bonds is 4. The highest BCUT2D eigenvalue weighted by atomic mass is 35.5. The van der Waals surface area contributed by atoms with Gasteiger partial charge in [0.2, 0.25) is 0 Å². The Morgan fingerprint density at radius 1 is 1.43 bits per heavy atom. The Kier molecular flexibility index (Phi) is 4.69. The largest absolute Gasteiger partial charge is 0.237 e. The summed E-state index contributed by atoms with van der Waals surface area (Å²) in [5.41, 5.74) is 1.02. The van der Waals surface area contributed by atoms with Gasteiger partial charge in [-0.1, -0.05) is 32.4 Å². The third-order valence-corrected chi connectivity index (χ3v) is 2.85. The van der Waals surface area contributed by atoms with Crippen LogP contribution < -0.4 is 0 Å². The molecule has 1 aromatic rings. The maximum absolute atomic E-state index is 5.91. The van der Waals surface area contributed by atoms with Gasteiger partial charge in [-0.2, -0.15) is 11.8 Å². The number of nitrogens with zero attached hydrogens (tertiary/aromatic N) is 2. The van der Waals surface area contributed by atoms with Crippen molar-refractivity contribution >= 4 is 23.4 Å². The van der Waals surface area contributed by atoms with Crippen LogP contribution in [0.1, 0.15) is 38.2 Å². The fourth-order valence-electron chi connectivity index (χ4n) is 1.04. The van der Waals surface area contributed by atoms with Crippen molar-refractivity contribution in [3.8, 4) is 0 Å². The molecule has 0 aliphatic heterocycles. The molecule has 0 N–H and O–H groups in total. The van der Waals surface area contributed by atoms with Gasteiger partial charge in [-0.25, -0.2) is 9.97 Å². The van der Waals surface area contributed by atoms with E-state index in [0.29, 0.717) is 11.1 Å². The number of halogens is 1. The van der Waals surface area contributed by atoms with E-state index in [9.17, 15) is 0 Å². The van der Waals surface area contributed by atoms with Gasteiger partial charge in [0.15, 0.2) is 0 Å². The number of thioether (sulfide) groups is 1. The lowest BCUT2D eigenvalue weighted by atomic mass is 10.1. The van der Waals surface area contributed by atoms with E-state index in [1.807, 2.05) is 6.07 Å². The van der Waals surface area contributed by atoms with Crippen molar-refractivity contribution < 1.29 is 0 Å². The van der Waals surface area contributed by atoms with Gasteiger partial charge >= 0.3 is 0 Å². The predicted molar refractivity (Wildman–Crippen MR) is 63.0 cm³/mol. The smallest absolute Gasteiger partial charge is 0.140 e. The van der Waals surface area contributed by atoms with Gasteiger partial charge in [-0.05, 0) is 17.7 Å². The molecule has 0 saturated heterocycles. The molecule has 14 heavy (non-hydrogen) atoms. The van der Waals surface area contributed by atoms with E-state index in [1.54, 1.807) is 11.8 Å². The minimum absolute atomic E-state index is 0.404. The summed E-state index contributed by atoms with van der Waals surface area (Å²) < 4.78 is 0. The molecule has 2 nitrogen and oxygen atoms in total. The SMILES string of the molecule is CCSCc1nc(Cl)cc(C(C)C)n1. The highest BCUT2D eigenvalue weighted by Gasteiger charge is 2.06. The zero-order valence-corrected chi connectivity index (χ0v) is 10.3. The van der Waals surface area contributed by atoms with Crippen LogP contribution in [0.4, 0.5) is 0 Å². The van der Waals surface area contributed by atoms with E-state index < -0.39 is 0 Å². The first-order chi connectivity index (χ1) is 6.63. The molecule has 0 saturated carbocycles. The van der Waals surface area contributed by atoms with Gasteiger partial charge in [0.1, 0.15) is 11.0 Å². The molecule has 1 rings (SSSR count). The third kappa shape index (κ3) is 3.46. The molecule has 0 atom stereocenters. The lowest BCUT2D eigenvalue weighted by molar-refractivity contribution is 0.799. The molecule has 4 heteroatoms. The molecule has 0 aliphatic rings. The molecule has 1 heterocycles. The van der Waals surface area contributed by atoms with Gasteiger partial charge < -0.3 is 0 Å². The van der Waals surface area contributed by atoms with Crippen molar-refractivity contribution in [3.05, 3.63) is 22.7 Å². The Labute approximate surface area is 94.5 Å². The summed E-state index contributed by atoms with van der Waals surface area (Å²) in [4.78, 5) is 8.64. The Balaban J connectivity index is 2.84. The molecule has 0 fully saturated rings. The Morgan fingerprint density at radius 2 is 2.14 bits per heavy atom. The summed E-state index contributed by atoms with van der Waals surface area (Å²) in [7, 11) is 0. The van der Waals surface area contributed by atoms with E-state index in [-0.39, 0.29) is 0 Å². The predicted octanol–water partition coefficient (Wildman–Crippen LogP) is 3.51. The summed E-state index contributed by atoms with van der Waals surface area (Å²) in [6, 6.07) is 1.84. The minimum atomic E-state index is 0.404. The van der Waals surface area contributed by atoms with Crippen LogP contribution in [0, 0.1) is 0 Å². The summed E-state index contributed by atoms with van der Waals surface area (Å²) in [5, 5.41) is 0.551. The molecule has 0 unspecified atom stereocenters. The average Bonchev–Trinajstić information content (AvgIpc) is 2.14. The van der Waals surface area contributed by atoms with Gasteiger partial charge in [0.05, 0.1) is 5.75 Å². The van der Waals surface area contributed by atoms with Crippen LogP contribution in [-0.2, 0) is 5.75 Å². The van der Waals surface area contributed by atoms with E-state index in [0.717, 1.165) is 23.0 Å². The number of aromatic nitrogens is 2. The number of hydrogen-bond acceptors (Lipinski definition) is 3. The van der Waals surface area contributed by atoms with Crippen molar-refractivity contribution in [2.75, 3.05) is 5.75 Å². The van der Waals surface area contributed by atoms with Gasteiger partial charge in [0, 0.05) is 5.69 Å². The van der Waals surface area contributed by atoms with Crippen molar-refractivity contribution in [2.45, 2.75) is 32.4 Å². The zero-order valence-electron chi connectivity index (χ0n) is 8.75. The Morgan fingerprint density at radius 3 is 2.71 bits per heavy atom. The molecule has 0 aliphatic carbocycles. The maximum Gasteiger partial charge on any atom is 0.140 e. The topological polar surface area (TPSA) is 25.8 Å². The summed E-state index contributed by atoms with van der Waals surface area (Å²) in [5.74, 6) is 3.16. The van der Waals surface area contributed by atoms with Crippen LogP contribution in [0.3, 0.4) is 0 Å². The van der Waals surface area contributed by atoms with Gasteiger partial charge in [0.25, 0.3) is 0 Å². The molecular formula is C10H15ClN2S. The Bertz CT molecular complexity index is 302. The lowest BCUT2D eigenvalue weighted by Crippen LogP contribution is -2.00. The van der Waals surface area contributed by atoms with E-state index >= 15 is 0 Å². The first kappa shape index (κ1) is 11.8. The molecule has 1 aromatic heterocycles. The highest BCUT2D eigenvalue weighted by molar-refractivity contribution is 7.98. The third-order valence-electron chi connectivity index (χ3n) is 1.79. The second-order valence-electron chi connectivity index (χ2n) is 3.32. The second-order valence-corrected chi connectivity index (χ2v) is 4.99. The summed E-state index contributed by atoms with van der Waals surface area (Å²) in [6.45, 7) is 6.34. The molecule has 0 aromatic carbocycles. The van der Waals surface area contributed by atoms with Gasteiger partial charge in [-0.3, -0.25) is 0 Å². The van der Waals surface area contributed by atoms with E-state index in [4.69, 9.17) is 11.6 Å². The standard InChI is InChI=1S/C10H15ClN2S/c1-4-14-6-10-12-8(7(2)3)5-9(11)13-10/h5,7H,4,6H2,1-3H3. The first-order valence-electron chi connectivity index (χ1n) is 4.74. The quantitative estimate of drug-likeness (QED) is 0.741. The fourth-order valence-corrected chi connectivity index (χ4v) is 1.76. The molecule has 0 amide bonds. The van der Waals surface area contributed by atoms with Crippen LogP contribution in [0.15, 0.2) is 6.07 Å². The monoisotopic (exact) mass is 230 g/mol. The van der Waals surface area contributed by atoms with Crippen molar-refractivity contribution in [1.82, 2.24) is 9.97 Å². The van der Waals surface area contributed by atoms with E-state index in [1.165, 1.54) is 0 Å². The highest BCUT2D eigenvalue weighted by Crippen LogP contribution is 2.17. The first-order valence-corrected chi connectivity index (χ1v) is 6.27. The van der Waals surface area contributed by atoms with Crippen molar-refractivity contribution in [3.63, 3.8) is 0 Å². The summed E-state index contributed by atoms with van der Waals surface area (Å²) in [6.07, 6.45) is 0. The molecule has 78 valence electrons. The average molecular weight is 231 g/mol. The number of hydrogen-bond donors (Lipinski definition) is 0. The van der Waals surface area contributed by atoms with Crippen LogP contribution >= 0.6 is 23.4 Å². The molecule has 0 bridgehead atoms. The normalized spacial score (nSPS) is 10.9. The van der Waals surface area contributed by atoms with Crippen LogP contribution in [0.25, 0.3) is 0 Å². The van der Waals surface area contributed by atoms with Crippen LogP contribution in [0.5, 0.6) is 0 Å². The van der Waals surface area contributed by atoms with Gasteiger partial charge in [-0.15, -0.1) is 0 Å². The van der Waals surface area contributed by atoms with Crippen LogP contribution in [0.2, 0.25) is 5.15 Å². The summed E-state index contributed by atoms with van der Waals surface area (Å²) >= 11 is 7.72. The molecule has 0 radical (unpaired) electrons. The minimum Gasteiger partial charge on any atom is -0.237 e. The molecular weight excluding hydrogens is 216 g/mol. The fraction of sp³-hybridized carbons (Fsp3) is 0.600. The Hall–Kier alpha value is -0.280. The zero-order chi connectivity index (χ0) is 10.6. The van der Waals surface area contributed by atoms with Crippen molar-refractivity contribution in [1.29, 1.82) is 0 Å². The van der Waals surface area contributed by atoms with E-state index in [2.05, 4.69) is 30.7 Å². The van der Waals surface area contributed by atoms with Crippen molar-refractivity contribution in [2.24, 2.45) is 0 Å². The van der Waals surface area contributed by atoms with Crippen LogP contribution in [-0.4, -0.2) is 15.7 Å². The maximum atomic E-state index is 5.91.